The van der Waals surface area contributed by atoms with Crippen molar-refractivity contribution in [1.29, 1.82) is 0 Å². The summed E-state index contributed by atoms with van der Waals surface area (Å²) in [4.78, 5) is 32.5. The van der Waals surface area contributed by atoms with Gasteiger partial charge in [-0.05, 0) is 51.2 Å². The molecule has 26 heavy (non-hydrogen) atoms. The molecular weight excluding hydrogens is 332 g/mol. The average Bonchev–Trinajstić information content (AvgIpc) is 3.37. The van der Waals surface area contributed by atoms with E-state index >= 15 is 0 Å². The Hall–Kier alpha value is -2.96. The monoisotopic (exact) mass is 352 g/mol. The van der Waals surface area contributed by atoms with E-state index in [0.29, 0.717) is 22.5 Å². The molecule has 7 nitrogen and oxygen atoms in total. The first-order valence-electron chi connectivity index (χ1n) is 8.77. The normalized spacial score (nSPS) is 14.0. The Labute approximate surface area is 150 Å². The highest BCUT2D eigenvalue weighted by atomic mass is 16.5. The minimum atomic E-state index is -0.483. The van der Waals surface area contributed by atoms with E-state index in [4.69, 9.17) is 4.74 Å². The maximum atomic E-state index is 12.8. The van der Waals surface area contributed by atoms with E-state index in [9.17, 15) is 9.59 Å². The van der Waals surface area contributed by atoms with E-state index in [1.807, 2.05) is 26.0 Å². The summed E-state index contributed by atoms with van der Waals surface area (Å²) >= 11 is 0. The first-order valence-corrected chi connectivity index (χ1v) is 8.77. The van der Waals surface area contributed by atoms with Crippen molar-refractivity contribution in [1.82, 2.24) is 19.6 Å². The van der Waals surface area contributed by atoms with E-state index in [1.54, 1.807) is 13.1 Å². The molecule has 7 heteroatoms. The molecule has 0 aromatic carbocycles. The van der Waals surface area contributed by atoms with Crippen LogP contribution in [0.4, 0.5) is 0 Å². The largest absolute Gasteiger partial charge is 0.461 e. The number of H-pyrrole nitrogens is 1. The summed E-state index contributed by atoms with van der Waals surface area (Å²) in [5, 5.41) is 4.37. The smallest absolute Gasteiger partial charge is 0.359 e. The number of nitrogens with zero attached hydrogens (tertiary/aromatic N) is 3. The summed E-state index contributed by atoms with van der Waals surface area (Å²) < 4.78 is 6.61. The second-order valence-corrected chi connectivity index (χ2v) is 6.65. The second kappa shape index (κ2) is 6.09. The van der Waals surface area contributed by atoms with Gasteiger partial charge in [0.1, 0.15) is 5.52 Å². The van der Waals surface area contributed by atoms with Crippen LogP contribution in [-0.2, 0) is 4.74 Å². The summed E-state index contributed by atoms with van der Waals surface area (Å²) in [6.45, 7) is 5.93. The van der Waals surface area contributed by atoms with Crippen LogP contribution in [0.15, 0.2) is 23.1 Å². The SMILES string of the molecule is CCOC(=O)c1nn2cc(-c3ccc(C)c(C)n3)[nH]c(=O)c2c1C1CC1. The second-order valence-electron chi connectivity index (χ2n) is 6.65. The number of carbonyl (C=O) groups excluding carboxylic acids is 1. The summed E-state index contributed by atoms with van der Waals surface area (Å²) in [7, 11) is 0. The van der Waals surface area contributed by atoms with Gasteiger partial charge in [0, 0.05) is 11.3 Å². The fraction of sp³-hybridized carbons (Fsp3) is 0.368. The summed E-state index contributed by atoms with van der Waals surface area (Å²) in [6.07, 6.45) is 3.61. The van der Waals surface area contributed by atoms with Crippen molar-refractivity contribution in [2.24, 2.45) is 0 Å². The minimum Gasteiger partial charge on any atom is -0.461 e. The number of fused-ring (bicyclic) bond motifs is 1. The lowest BCUT2D eigenvalue weighted by molar-refractivity contribution is 0.0517. The fourth-order valence-electron chi connectivity index (χ4n) is 3.12. The van der Waals surface area contributed by atoms with Crippen LogP contribution < -0.4 is 5.56 Å². The predicted octanol–water partition coefficient (Wildman–Crippen LogP) is 2.76. The van der Waals surface area contributed by atoms with E-state index in [1.165, 1.54) is 4.52 Å². The number of hydrogen-bond acceptors (Lipinski definition) is 5. The van der Waals surface area contributed by atoms with Gasteiger partial charge in [0.2, 0.25) is 0 Å². The molecule has 0 radical (unpaired) electrons. The molecule has 3 aromatic rings. The molecule has 134 valence electrons. The van der Waals surface area contributed by atoms with E-state index < -0.39 is 5.97 Å². The van der Waals surface area contributed by atoms with Crippen molar-refractivity contribution in [3.05, 3.63) is 51.2 Å². The van der Waals surface area contributed by atoms with Gasteiger partial charge in [-0.15, -0.1) is 0 Å². The van der Waals surface area contributed by atoms with E-state index in [-0.39, 0.29) is 23.8 Å². The molecule has 1 fully saturated rings. The number of carbonyl (C=O) groups is 1. The maximum Gasteiger partial charge on any atom is 0.359 e. The van der Waals surface area contributed by atoms with Gasteiger partial charge in [0.15, 0.2) is 5.69 Å². The van der Waals surface area contributed by atoms with Crippen molar-refractivity contribution in [2.45, 2.75) is 39.5 Å². The molecule has 0 saturated heterocycles. The molecule has 0 bridgehead atoms. The Kier molecular flexibility index (Phi) is 3.86. The Morgan fingerprint density at radius 3 is 2.77 bits per heavy atom. The number of aromatic amines is 1. The molecule has 1 saturated carbocycles. The minimum absolute atomic E-state index is 0.193. The van der Waals surface area contributed by atoms with Crippen molar-refractivity contribution >= 4 is 11.5 Å². The molecule has 1 aliphatic carbocycles. The molecule has 0 aliphatic heterocycles. The zero-order chi connectivity index (χ0) is 18.4. The molecule has 1 N–H and O–H groups in total. The zero-order valence-electron chi connectivity index (χ0n) is 15.0. The van der Waals surface area contributed by atoms with Crippen molar-refractivity contribution in [3.8, 4) is 11.4 Å². The highest BCUT2D eigenvalue weighted by molar-refractivity contribution is 5.92. The number of esters is 1. The van der Waals surface area contributed by atoms with E-state index in [2.05, 4.69) is 15.1 Å². The fourth-order valence-corrected chi connectivity index (χ4v) is 3.12. The predicted molar refractivity (Wildman–Crippen MR) is 96.4 cm³/mol. The molecule has 3 heterocycles. The lowest BCUT2D eigenvalue weighted by Crippen LogP contribution is -2.13. The Bertz CT molecular complexity index is 1080. The molecule has 4 rings (SSSR count). The van der Waals surface area contributed by atoms with Gasteiger partial charge in [-0.1, -0.05) is 6.07 Å². The highest BCUT2D eigenvalue weighted by Gasteiger charge is 2.34. The van der Waals surface area contributed by atoms with Crippen LogP contribution in [0.5, 0.6) is 0 Å². The molecule has 0 atom stereocenters. The number of hydrogen-bond donors (Lipinski definition) is 1. The molecule has 0 amide bonds. The third kappa shape index (κ3) is 2.69. The number of nitrogens with one attached hydrogen (secondary N) is 1. The zero-order valence-corrected chi connectivity index (χ0v) is 15.0. The molecule has 0 unspecified atom stereocenters. The van der Waals surface area contributed by atoms with Crippen molar-refractivity contribution in [3.63, 3.8) is 0 Å². The first-order chi connectivity index (χ1) is 12.5. The number of aryl methyl sites for hydroxylation is 2. The van der Waals surface area contributed by atoms with Crippen LogP contribution in [0.25, 0.3) is 16.9 Å². The molecular formula is C19H20N4O3. The van der Waals surface area contributed by atoms with Crippen LogP contribution in [0.2, 0.25) is 0 Å². The number of ether oxygens (including phenoxy) is 1. The Morgan fingerprint density at radius 1 is 1.35 bits per heavy atom. The van der Waals surface area contributed by atoms with Crippen molar-refractivity contribution in [2.75, 3.05) is 6.61 Å². The molecule has 1 aliphatic rings. The van der Waals surface area contributed by atoms with Crippen molar-refractivity contribution < 1.29 is 9.53 Å². The third-order valence-electron chi connectivity index (χ3n) is 4.74. The maximum absolute atomic E-state index is 12.8. The first kappa shape index (κ1) is 16.5. The molecule has 0 spiro atoms. The van der Waals surface area contributed by atoms with E-state index in [0.717, 1.165) is 24.1 Å². The van der Waals surface area contributed by atoms with Crippen LogP contribution in [0.1, 0.15) is 53.0 Å². The Morgan fingerprint density at radius 2 is 2.12 bits per heavy atom. The topological polar surface area (TPSA) is 89.3 Å². The quantitative estimate of drug-likeness (QED) is 0.729. The van der Waals surface area contributed by atoms with Gasteiger partial charge in [0.25, 0.3) is 5.56 Å². The Balaban J connectivity index is 1.91. The third-order valence-corrected chi connectivity index (χ3v) is 4.74. The average molecular weight is 352 g/mol. The van der Waals surface area contributed by atoms with Crippen LogP contribution in [0.3, 0.4) is 0 Å². The standard InChI is InChI=1S/C19H20N4O3/c1-4-26-19(25)16-15(12-6-7-12)17-18(24)21-14(9-23(17)22-16)13-8-5-10(2)11(3)20-13/h5,8-9,12H,4,6-7H2,1-3H3,(H,21,24). The lowest BCUT2D eigenvalue weighted by Gasteiger charge is -2.05. The van der Waals surface area contributed by atoms with Gasteiger partial charge in [-0.2, -0.15) is 5.10 Å². The van der Waals surface area contributed by atoms with Crippen LogP contribution in [0, 0.1) is 13.8 Å². The number of pyridine rings is 1. The van der Waals surface area contributed by atoms with Gasteiger partial charge in [0.05, 0.1) is 24.2 Å². The highest BCUT2D eigenvalue weighted by Crippen LogP contribution is 2.43. The molecule has 3 aromatic heterocycles. The van der Waals surface area contributed by atoms with Gasteiger partial charge < -0.3 is 9.72 Å². The summed E-state index contributed by atoms with van der Waals surface area (Å²) in [5.41, 5.74) is 4.29. The summed E-state index contributed by atoms with van der Waals surface area (Å²) in [5.74, 6) is -0.290. The number of rotatable bonds is 4. The van der Waals surface area contributed by atoms with Gasteiger partial charge >= 0.3 is 5.97 Å². The van der Waals surface area contributed by atoms with Crippen LogP contribution >= 0.6 is 0 Å². The number of aromatic nitrogens is 4. The van der Waals surface area contributed by atoms with Gasteiger partial charge in [-0.3, -0.25) is 9.78 Å². The van der Waals surface area contributed by atoms with Gasteiger partial charge in [-0.25, -0.2) is 9.31 Å². The van der Waals surface area contributed by atoms with Crippen LogP contribution in [-0.4, -0.2) is 32.2 Å². The summed E-state index contributed by atoms with van der Waals surface area (Å²) in [6, 6.07) is 3.82. The lowest BCUT2D eigenvalue weighted by atomic mass is 10.1.